The molecule has 1 N–H and O–H groups in total. The standard InChI is InChI=1S/C17H10BrCl2N5OS/c18-9-5-13-15(14(20)6-9)27-17(22-16(13)26)21-7-11-8-25(24-23-11)12-3-1-10(19)2-4-12/h1-6,8H,7H2,(H,21,22,26). The van der Waals surface area contributed by atoms with Gasteiger partial charge in [0.25, 0.3) is 5.56 Å². The molecule has 0 spiro atoms. The molecule has 0 aliphatic heterocycles. The van der Waals surface area contributed by atoms with E-state index in [1.54, 1.807) is 35.1 Å². The van der Waals surface area contributed by atoms with Crippen molar-refractivity contribution in [3.05, 3.63) is 73.2 Å². The van der Waals surface area contributed by atoms with Gasteiger partial charge < -0.3 is 5.32 Å². The Balaban J connectivity index is 1.55. The van der Waals surface area contributed by atoms with Crippen LogP contribution >= 0.6 is 50.5 Å². The Morgan fingerprint density at radius 2 is 1.96 bits per heavy atom. The van der Waals surface area contributed by atoms with Gasteiger partial charge in [-0.3, -0.25) is 4.79 Å². The summed E-state index contributed by atoms with van der Waals surface area (Å²) in [4.78, 5) is 16.3. The lowest BCUT2D eigenvalue weighted by atomic mass is 10.3. The van der Waals surface area contributed by atoms with Crippen molar-refractivity contribution in [1.82, 2.24) is 20.0 Å². The summed E-state index contributed by atoms with van der Waals surface area (Å²) in [6, 6.07) is 10.7. The van der Waals surface area contributed by atoms with Crippen LogP contribution in [0, 0.1) is 0 Å². The second-order valence-corrected chi connectivity index (χ2v) is 8.33. The average molecular weight is 483 g/mol. The molecule has 0 unspecified atom stereocenters. The molecule has 4 aromatic rings. The molecule has 27 heavy (non-hydrogen) atoms. The number of nitrogens with zero attached hydrogens (tertiary/aromatic N) is 4. The Bertz CT molecular complexity index is 1190. The van der Waals surface area contributed by atoms with Crippen molar-refractivity contribution < 1.29 is 0 Å². The number of fused-ring (bicyclic) bond motifs is 1. The maximum Gasteiger partial charge on any atom is 0.281 e. The maximum atomic E-state index is 12.3. The molecule has 0 amide bonds. The summed E-state index contributed by atoms with van der Waals surface area (Å²) in [6.45, 7) is 0.371. The highest BCUT2D eigenvalue weighted by Gasteiger charge is 2.10. The fourth-order valence-corrected chi connectivity index (χ4v) is 4.37. The van der Waals surface area contributed by atoms with E-state index in [0.29, 0.717) is 37.5 Å². The largest absolute Gasteiger partial charge is 0.356 e. The van der Waals surface area contributed by atoms with Gasteiger partial charge in [0.2, 0.25) is 0 Å². The van der Waals surface area contributed by atoms with Crippen molar-refractivity contribution >= 4 is 65.7 Å². The summed E-state index contributed by atoms with van der Waals surface area (Å²) in [5.41, 5.74) is 1.22. The number of halogens is 3. The molecule has 6 nitrogen and oxygen atoms in total. The van der Waals surface area contributed by atoms with Gasteiger partial charge in [0.1, 0.15) is 5.69 Å². The summed E-state index contributed by atoms with van der Waals surface area (Å²) in [5, 5.41) is 13.4. The van der Waals surface area contributed by atoms with E-state index in [2.05, 4.69) is 36.5 Å². The van der Waals surface area contributed by atoms with Crippen LogP contribution in [-0.2, 0) is 6.54 Å². The van der Waals surface area contributed by atoms with Gasteiger partial charge in [0.05, 0.1) is 33.5 Å². The smallest absolute Gasteiger partial charge is 0.281 e. The number of hydrogen-bond acceptors (Lipinski definition) is 6. The summed E-state index contributed by atoms with van der Waals surface area (Å²) in [6.07, 6.45) is 1.80. The second-order valence-electron chi connectivity index (χ2n) is 5.57. The van der Waals surface area contributed by atoms with Crippen molar-refractivity contribution in [3.63, 3.8) is 0 Å². The van der Waals surface area contributed by atoms with Crippen molar-refractivity contribution in [3.8, 4) is 5.69 Å². The highest BCUT2D eigenvalue weighted by atomic mass is 79.9. The number of nitrogens with one attached hydrogen (secondary N) is 1. The number of anilines is 1. The third kappa shape index (κ3) is 3.98. The Morgan fingerprint density at radius 3 is 2.74 bits per heavy atom. The highest BCUT2D eigenvalue weighted by molar-refractivity contribution is 9.10. The van der Waals surface area contributed by atoms with Crippen molar-refractivity contribution in [2.24, 2.45) is 0 Å². The van der Waals surface area contributed by atoms with E-state index in [1.807, 2.05) is 12.1 Å². The Hall–Kier alpha value is -2.00. The minimum Gasteiger partial charge on any atom is -0.356 e. The molecular formula is C17H10BrCl2N5OS. The third-order valence-electron chi connectivity index (χ3n) is 3.69. The van der Waals surface area contributed by atoms with E-state index < -0.39 is 0 Å². The van der Waals surface area contributed by atoms with E-state index in [4.69, 9.17) is 23.2 Å². The molecule has 136 valence electrons. The van der Waals surface area contributed by atoms with E-state index >= 15 is 0 Å². The molecule has 10 heteroatoms. The van der Waals surface area contributed by atoms with Crippen LogP contribution < -0.4 is 10.9 Å². The molecule has 0 bridgehead atoms. The van der Waals surface area contributed by atoms with Gasteiger partial charge in [0.15, 0.2) is 5.13 Å². The average Bonchev–Trinajstić information content (AvgIpc) is 3.10. The lowest BCUT2D eigenvalue weighted by Gasteiger charge is -2.05. The summed E-state index contributed by atoms with van der Waals surface area (Å²) in [7, 11) is 0. The number of aromatic nitrogens is 4. The molecule has 0 radical (unpaired) electrons. The summed E-state index contributed by atoms with van der Waals surface area (Å²) >= 11 is 16.8. The van der Waals surface area contributed by atoms with Crippen LogP contribution in [0.4, 0.5) is 5.13 Å². The number of rotatable bonds is 4. The second kappa shape index (κ2) is 7.55. The first-order valence-corrected chi connectivity index (χ1v) is 10.1. The first-order chi connectivity index (χ1) is 13.0. The Morgan fingerprint density at radius 1 is 1.19 bits per heavy atom. The van der Waals surface area contributed by atoms with E-state index in [-0.39, 0.29) is 5.56 Å². The predicted molar refractivity (Wildman–Crippen MR) is 112 cm³/mol. The van der Waals surface area contributed by atoms with Crippen molar-refractivity contribution in [2.75, 3.05) is 5.32 Å². The highest BCUT2D eigenvalue weighted by Crippen LogP contribution is 2.31. The molecule has 0 atom stereocenters. The van der Waals surface area contributed by atoms with E-state index in [0.717, 1.165) is 10.2 Å². The molecular weight excluding hydrogens is 473 g/mol. The number of benzene rings is 2. The van der Waals surface area contributed by atoms with Crippen molar-refractivity contribution in [1.29, 1.82) is 0 Å². The minimum absolute atomic E-state index is 0.334. The molecule has 2 heterocycles. The van der Waals surface area contributed by atoms with Gasteiger partial charge in [-0.15, -0.1) is 5.10 Å². The topological polar surface area (TPSA) is 72.7 Å². The normalized spacial score (nSPS) is 11.1. The van der Waals surface area contributed by atoms with E-state index in [1.165, 1.54) is 11.3 Å². The van der Waals surface area contributed by atoms with Crippen LogP contribution in [0.1, 0.15) is 5.69 Å². The third-order valence-corrected chi connectivity index (χ3v) is 5.89. The first-order valence-electron chi connectivity index (χ1n) is 7.70. The Kier molecular flexibility index (Phi) is 5.14. The van der Waals surface area contributed by atoms with Gasteiger partial charge in [-0.2, -0.15) is 4.98 Å². The summed E-state index contributed by atoms with van der Waals surface area (Å²) in [5.74, 6) is 0. The molecule has 0 saturated carbocycles. The van der Waals surface area contributed by atoms with Crippen molar-refractivity contribution in [2.45, 2.75) is 6.54 Å². The maximum absolute atomic E-state index is 12.3. The molecule has 0 fully saturated rings. The quantitative estimate of drug-likeness (QED) is 0.447. The number of hydrogen-bond donors (Lipinski definition) is 1. The fraction of sp³-hybridized carbons (Fsp3) is 0.0588. The lowest BCUT2D eigenvalue weighted by Crippen LogP contribution is -2.10. The molecule has 2 aromatic heterocycles. The zero-order valence-electron chi connectivity index (χ0n) is 13.5. The van der Waals surface area contributed by atoms with Crippen LogP contribution in [0.2, 0.25) is 10.0 Å². The molecule has 0 aliphatic carbocycles. The minimum atomic E-state index is -0.334. The molecule has 4 rings (SSSR count). The van der Waals surface area contributed by atoms with Crippen LogP contribution in [0.15, 0.2) is 51.9 Å². The van der Waals surface area contributed by atoms with Crippen LogP contribution in [-0.4, -0.2) is 20.0 Å². The summed E-state index contributed by atoms with van der Waals surface area (Å²) < 4.78 is 3.08. The zero-order valence-corrected chi connectivity index (χ0v) is 17.4. The molecule has 0 aliphatic rings. The van der Waals surface area contributed by atoms with Gasteiger partial charge in [-0.05, 0) is 36.4 Å². The van der Waals surface area contributed by atoms with Gasteiger partial charge >= 0.3 is 0 Å². The van der Waals surface area contributed by atoms with Crippen LogP contribution in [0.3, 0.4) is 0 Å². The van der Waals surface area contributed by atoms with Gasteiger partial charge in [-0.25, -0.2) is 4.68 Å². The monoisotopic (exact) mass is 481 g/mol. The first kappa shape index (κ1) is 18.4. The van der Waals surface area contributed by atoms with Crippen LogP contribution in [0.25, 0.3) is 15.8 Å². The molecule has 2 aromatic carbocycles. The lowest BCUT2D eigenvalue weighted by molar-refractivity contribution is 0.798. The fourth-order valence-electron chi connectivity index (χ4n) is 2.44. The Labute approximate surface area is 175 Å². The van der Waals surface area contributed by atoms with Gasteiger partial charge in [-0.1, -0.05) is 55.7 Å². The zero-order chi connectivity index (χ0) is 19.0. The van der Waals surface area contributed by atoms with E-state index in [9.17, 15) is 4.79 Å². The van der Waals surface area contributed by atoms with Gasteiger partial charge in [0, 0.05) is 9.50 Å². The molecule has 0 saturated heterocycles. The predicted octanol–water partition coefficient (Wildman–Crippen LogP) is 4.92. The van der Waals surface area contributed by atoms with Crippen LogP contribution in [0.5, 0.6) is 0 Å². The SMILES string of the molecule is O=c1nc(NCc2cn(-c3ccc(Cl)cc3)nn2)sc2c(Cl)cc(Br)cc12.